The molecule has 3 aromatic rings. The van der Waals surface area contributed by atoms with E-state index in [2.05, 4.69) is 21.2 Å². The molecular weight excluding hydrogens is 428 g/mol. The molecule has 1 saturated carbocycles. The fourth-order valence-corrected chi connectivity index (χ4v) is 4.24. The lowest BCUT2D eigenvalue weighted by atomic mass is 10.0. The summed E-state index contributed by atoms with van der Waals surface area (Å²) >= 11 is 3.53. The summed E-state index contributed by atoms with van der Waals surface area (Å²) in [6, 6.07) is 14.4. The largest absolute Gasteiger partial charge is 0.383 e. The smallest absolute Gasteiger partial charge is 0.191 e. The number of carbonyl (C=O) groups is 1. The summed E-state index contributed by atoms with van der Waals surface area (Å²) in [5.74, 6) is 0.878. The predicted octanol–water partition coefficient (Wildman–Crippen LogP) is 5.38. The summed E-state index contributed by atoms with van der Waals surface area (Å²) in [5.41, 5.74) is 3.05. The minimum atomic E-state index is -0.0540. The Balaban J connectivity index is 1.87. The molecule has 0 bridgehead atoms. The van der Waals surface area contributed by atoms with Gasteiger partial charge < -0.3 is 10.2 Å². The lowest BCUT2D eigenvalue weighted by Crippen LogP contribution is -2.17. The van der Waals surface area contributed by atoms with Gasteiger partial charge in [0.15, 0.2) is 5.78 Å². The number of nitrogens with zero attached hydrogens (tertiary/aromatic N) is 3. The number of halogens is 1. The Bertz CT molecular complexity index is 1060. The van der Waals surface area contributed by atoms with E-state index in [9.17, 15) is 4.79 Å². The van der Waals surface area contributed by atoms with E-state index in [1.54, 1.807) is 12.3 Å². The number of allylic oxidation sites excluding steroid dienone is 1. The molecule has 1 aliphatic rings. The molecule has 1 fully saturated rings. The van der Waals surface area contributed by atoms with Crippen molar-refractivity contribution in [3.8, 4) is 11.3 Å². The first-order valence-corrected chi connectivity index (χ1v) is 10.8. The van der Waals surface area contributed by atoms with E-state index >= 15 is 0 Å². The number of nitrogens with one attached hydrogen (secondary N) is 1. The second kappa shape index (κ2) is 8.41. The fraction of sp³-hybridized carbons (Fsp3) is 0.304. The van der Waals surface area contributed by atoms with Gasteiger partial charge in [0.25, 0.3) is 0 Å². The van der Waals surface area contributed by atoms with Gasteiger partial charge in [0, 0.05) is 42.4 Å². The van der Waals surface area contributed by atoms with Crippen LogP contribution in [0.25, 0.3) is 16.8 Å². The Hall–Kier alpha value is -2.60. The third-order valence-corrected chi connectivity index (χ3v) is 5.73. The van der Waals surface area contributed by atoms with Gasteiger partial charge >= 0.3 is 0 Å². The van der Waals surface area contributed by atoms with E-state index in [4.69, 9.17) is 5.10 Å². The number of aromatic nitrogens is 2. The molecule has 2 heterocycles. The number of benzene rings is 1. The molecular formula is C23H25BrN4O. The Morgan fingerprint density at radius 3 is 2.69 bits per heavy atom. The van der Waals surface area contributed by atoms with E-state index in [0.717, 1.165) is 21.4 Å². The normalized spacial score (nSPS) is 14.7. The second-order valence-corrected chi connectivity index (χ2v) is 8.63. The first-order chi connectivity index (χ1) is 14.0. The van der Waals surface area contributed by atoms with Gasteiger partial charge in [0.2, 0.25) is 0 Å². The SMILES string of the molecule is CN(C)/C=C/C(=O)c1c(-c2cccc(Br)c2)nn2c(NC3CCCC3)cccc12. The van der Waals surface area contributed by atoms with Gasteiger partial charge in [-0.15, -0.1) is 0 Å². The van der Waals surface area contributed by atoms with E-state index in [0.29, 0.717) is 17.3 Å². The van der Waals surface area contributed by atoms with Crippen molar-refractivity contribution >= 4 is 33.0 Å². The average Bonchev–Trinajstić information content (AvgIpc) is 3.34. The van der Waals surface area contributed by atoms with E-state index < -0.39 is 0 Å². The highest BCUT2D eigenvalue weighted by Crippen LogP contribution is 2.31. The minimum Gasteiger partial charge on any atom is -0.383 e. The van der Waals surface area contributed by atoms with Gasteiger partial charge in [0.05, 0.1) is 11.1 Å². The van der Waals surface area contributed by atoms with Crippen LogP contribution in [0.15, 0.2) is 59.2 Å². The third kappa shape index (κ3) is 4.22. The number of hydrogen-bond donors (Lipinski definition) is 1. The molecule has 1 aliphatic carbocycles. The van der Waals surface area contributed by atoms with Crippen LogP contribution in [0.4, 0.5) is 5.82 Å². The van der Waals surface area contributed by atoms with Crippen LogP contribution < -0.4 is 5.32 Å². The lowest BCUT2D eigenvalue weighted by molar-refractivity contribution is 0.104. The molecule has 0 saturated heterocycles. The molecule has 2 aromatic heterocycles. The molecule has 0 atom stereocenters. The van der Waals surface area contributed by atoms with Crippen LogP contribution in [-0.2, 0) is 0 Å². The summed E-state index contributed by atoms with van der Waals surface area (Å²) in [5, 5.41) is 8.51. The van der Waals surface area contributed by atoms with Gasteiger partial charge in [-0.1, -0.05) is 47.0 Å². The quantitative estimate of drug-likeness (QED) is 0.403. The summed E-state index contributed by atoms with van der Waals surface area (Å²) in [6.45, 7) is 0. The van der Waals surface area contributed by atoms with Crippen LogP contribution in [0, 0.1) is 0 Å². The zero-order chi connectivity index (χ0) is 20.4. The summed E-state index contributed by atoms with van der Waals surface area (Å²) in [7, 11) is 3.80. The molecule has 6 heteroatoms. The minimum absolute atomic E-state index is 0.0540. The number of anilines is 1. The van der Waals surface area contributed by atoms with Gasteiger partial charge in [-0.2, -0.15) is 5.10 Å². The van der Waals surface area contributed by atoms with Crippen molar-refractivity contribution in [2.24, 2.45) is 0 Å². The lowest BCUT2D eigenvalue weighted by Gasteiger charge is -2.14. The number of ketones is 1. The van der Waals surface area contributed by atoms with Crippen LogP contribution in [-0.4, -0.2) is 40.4 Å². The highest BCUT2D eigenvalue weighted by molar-refractivity contribution is 9.10. The molecule has 5 nitrogen and oxygen atoms in total. The average molecular weight is 453 g/mol. The van der Waals surface area contributed by atoms with Gasteiger partial charge in [-0.05, 0) is 37.1 Å². The highest BCUT2D eigenvalue weighted by atomic mass is 79.9. The van der Waals surface area contributed by atoms with Crippen LogP contribution in [0.5, 0.6) is 0 Å². The Labute approximate surface area is 179 Å². The number of carbonyl (C=O) groups excluding carboxylic acids is 1. The number of pyridine rings is 1. The summed E-state index contributed by atoms with van der Waals surface area (Å²) in [4.78, 5) is 15.0. The molecule has 0 radical (unpaired) electrons. The van der Waals surface area contributed by atoms with Crippen molar-refractivity contribution in [3.63, 3.8) is 0 Å². The van der Waals surface area contributed by atoms with Gasteiger partial charge in [0.1, 0.15) is 11.5 Å². The molecule has 150 valence electrons. The number of rotatable bonds is 6. The van der Waals surface area contributed by atoms with E-state index in [1.807, 2.05) is 66.0 Å². The number of hydrogen-bond acceptors (Lipinski definition) is 4. The van der Waals surface area contributed by atoms with Crippen molar-refractivity contribution in [1.29, 1.82) is 0 Å². The summed E-state index contributed by atoms with van der Waals surface area (Å²) in [6.07, 6.45) is 8.25. The Morgan fingerprint density at radius 1 is 1.21 bits per heavy atom. The third-order valence-electron chi connectivity index (χ3n) is 5.23. The Kier molecular flexibility index (Phi) is 5.72. The maximum atomic E-state index is 13.2. The van der Waals surface area contributed by atoms with Crippen molar-refractivity contribution in [2.45, 2.75) is 31.7 Å². The van der Waals surface area contributed by atoms with Crippen molar-refractivity contribution < 1.29 is 4.79 Å². The van der Waals surface area contributed by atoms with E-state index in [1.165, 1.54) is 25.7 Å². The maximum Gasteiger partial charge on any atom is 0.191 e. The zero-order valence-electron chi connectivity index (χ0n) is 16.7. The molecule has 29 heavy (non-hydrogen) atoms. The first-order valence-electron chi connectivity index (χ1n) is 9.96. The first kappa shape index (κ1) is 19.7. The molecule has 0 aliphatic heterocycles. The summed E-state index contributed by atoms with van der Waals surface area (Å²) < 4.78 is 2.84. The van der Waals surface area contributed by atoms with Crippen LogP contribution in [0.1, 0.15) is 36.0 Å². The second-order valence-electron chi connectivity index (χ2n) is 7.71. The van der Waals surface area contributed by atoms with Crippen LogP contribution in [0.2, 0.25) is 0 Å². The Morgan fingerprint density at radius 2 is 1.97 bits per heavy atom. The molecule has 0 unspecified atom stereocenters. The molecule has 0 amide bonds. The monoisotopic (exact) mass is 452 g/mol. The molecule has 1 aromatic carbocycles. The zero-order valence-corrected chi connectivity index (χ0v) is 18.3. The molecule has 4 rings (SSSR count). The van der Waals surface area contributed by atoms with Gasteiger partial charge in [-0.3, -0.25) is 4.79 Å². The van der Waals surface area contributed by atoms with Crippen LogP contribution >= 0.6 is 15.9 Å². The fourth-order valence-electron chi connectivity index (χ4n) is 3.84. The molecule has 1 N–H and O–H groups in total. The maximum absolute atomic E-state index is 13.2. The standard InChI is InChI=1S/C23H25BrN4O/c1-27(2)14-13-20(29)22-19-11-6-12-21(25-18-9-3-4-10-18)28(19)26-23(22)16-7-5-8-17(24)15-16/h5-8,11-15,18,25H,3-4,9-10H2,1-2H3/b14-13+. The van der Waals surface area contributed by atoms with Crippen molar-refractivity contribution in [3.05, 3.63) is 64.8 Å². The van der Waals surface area contributed by atoms with Gasteiger partial charge in [-0.25, -0.2) is 4.52 Å². The van der Waals surface area contributed by atoms with Crippen LogP contribution in [0.3, 0.4) is 0 Å². The number of fused-ring (bicyclic) bond motifs is 1. The topological polar surface area (TPSA) is 49.6 Å². The predicted molar refractivity (Wildman–Crippen MR) is 121 cm³/mol. The molecule has 0 spiro atoms. The van der Waals surface area contributed by atoms with Crippen molar-refractivity contribution in [2.75, 3.05) is 19.4 Å². The van der Waals surface area contributed by atoms with E-state index in [-0.39, 0.29) is 5.78 Å². The highest BCUT2D eigenvalue weighted by Gasteiger charge is 2.22. The van der Waals surface area contributed by atoms with Crippen molar-refractivity contribution in [1.82, 2.24) is 14.5 Å².